The molecule has 4 nitrogen and oxygen atoms in total. The van der Waals surface area contributed by atoms with Crippen molar-refractivity contribution >= 4 is 17.5 Å². The molecule has 0 bridgehead atoms. The highest BCUT2D eigenvalue weighted by Gasteiger charge is 2.44. The molecular weight excluding hydrogens is 216 g/mol. The molecule has 1 fully saturated rings. The molecule has 1 amide bonds. The smallest absolute Gasteiger partial charge is 0.229 e. The minimum Gasteiger partial charge on any atom is -0.313 e. The fourth-order valence-corrected chi connectivity index (χ4v) is 2.43. The molecule has 0 spiro atoms. The monoisotopic (exact) mass is 234 g/mol. The number of fused-ring (bicyclic) bond motifs is 1. The van der Waals surface area contributed by atoms with Crippen LogP contribution in [0.5, 0.6) is 0 Å². The molecule has 0 aromatic heterocycles. The van der Waals surface area contributed by atoms with Crippen LogP contribution < -0.4 is 5.32 Å². The molecule has 2 heterocycles. The Morgan fingerprint density at radius 1 is 1.35 bits per heavy atom. The molecule has 0 aliphatic carbocycles. The third kappa shape index (κ3) is 1.92. The summed E-state index contributed by atoms with van der Waals surface area (Å²) in [5.74, 6) is -0.104. The largest absolute Gasteiger partial charge is 0.313 e. The standard InChI is InChI=1S/C13H18N2O2/c1-4-5-6-9-8(3)14-12-10(11(9)16)7(2)13(17)15-12/h7,10H,4-6H2,1-3H3,(H,14,15,17)/t7-,10-/m1/s1. The zero-order valence-electron chi connectivity index (χ0n) is 10.5. The van der Waals surface area contributed by atoms with E-state index in [4.69, 9.17) is 0 Å². The van der Waals surface area contributed by atoms with Crippen molar-refractivity contribution in [2.75, 3.05) is 0 Å². The van der Waals surface area contributed by atoms with Crippen molar-refractivity contribution in [2.45, 2.75) is 40.0 Å². The Bertz CT molecular complexity index is 435. The average Bonchev–Trinajstić information content (AvgIpc) is 2.54. The van der Waals surface area contributed by atoms with Gasteiger partial charge in [0.05, 0.1) is 11.8 Å². The summed E-state index contributed by atoms with van der Waals surface area (Å²) in [6.45, 7) is 5.74. The molecule has 0 aromatic carbocycles. The lowest BCUT2D eigenvalue weighted by molar-refractivity contribution is -0.126. The van der Waals surface area contributed by atoms with E-state index in [1.807, 2.05) is 6.92 Å². The summed E-state index contributed by atoms with van der Waals surface area (Å²) in [5.41, 5.74) is 1.58. The molecule has 0 unspecified atom stereocenters. The van der Waals surface area contributed by atoms with Gasteiger partial charge in [-0.1, -0.05) is 20.3 Å². The predicted molar refractivity (Wildman–Crippen MR) is 65.5 cm³/mol. The van der Waals surface area contributed by atoms with E-state index in [1.165, 1.54) is 0 Å². The minimum absolute atomic E-state index is 0.0896. The van der Waals surface area contributed by atoms with Crippen LogP contribution in [0.1, 0.15) is 40.0 Å². The second-order valence-electron chi connectivity index (χ2n) is 4.78. The zero-order chi connectivity index (χ0) is 12.6. The number of aliphatic imine (C=N–C) groups is 1. The molecule has 1 saturated heterocycles. The number of carbonyl (C=O) groups excluding carboxylic acids is 2. The summed E-state index contributed by atoms with van der Waals surface area (Å²) in [7, 11) is 0. The highest BCUT2D eigenvalue weighted by molar-refractivity contribution is 6.22. The molecular formula is C13H18N2O2. The number of nitrogens with zero attached hydrogens (tertiary/aromatic N) is 1. The Hall–Kier alpha value is -1.45. The first-order valence-electron chi connectivity index (χ1n) is 6.19. The van der Waals surface area contributed by atoms with Gasteiger partial charge in [0.15, 0.2) is 5.78 Å². The van der Waals surface area contributed by atoms with Gasteiger partial charge in [0, 0.05) is 11.3 Å². The summed E-state index contributed by atoms with van der Waals surface area (Å²) in [6, 6.07) is 0. The van der Waals surface area contributed by atoms with E-state index < -0.39 is 0 Å². The van der Waals surface area contributed by atoms with E-state index in [2.05, 4.69) is 17.2 Å². The topological polar surface area (TPSA) is 58.5 Å². The molecule has 0 saturated carbocycles. The zero-order valence-corrected chi connectivity index (χ0v) is 10.5. The molecule has 2 aliphatic rings. The second kappa shape index (κ2) is 4.43. The number of allylic oxidation sites excluding steroid dienone is 2. The molecule has 2 rings (SSSR count). The Morgan fingerprint density at radius 3 is 2.71 bits per heavy atom. The quantitative estimate of drug-likeness (QED) is 0.809. The minimum atomic E-state index is -0.363. The van der Waals surface area contributed by atoms with E-state index in [1.54, 1.807) is 6.92 Å². The van der Waals surface area contributed by atoms with Gasteiger partial charge in [-0.2, -0.15) is 0 Å². The number of unbranched alkanes of at least 4 members (excludes halogenated alkanes) is 1. The number of rotatable bonds is 3. The van der Waals surface area contributed by atoms with Gasteiger partial charge < -0.3 is 5.32 Å². The van der Waals surface area contributed by atoms with Crippen molar-refractivity contribution in [3.8, 4) is 0 Å². The normalized spacial score (nSPS) is 28.1. The molecule has 92 valence electrons. The molecule has 2 atom stereocenters. The number of hydrogen-bond acceptors (Lipinski definition) is 3. The van der Waals surface area contributed by atoms with Crippen LogP contribution >= 0.6 is 0 Å². The number of amidine groups is 1. The van der Waals surface area contributed by atoms with Gasteiger partial charge >= 0.3 is 0 Å². The maximum absolute atomic E-state index is 12.3. The third-order valence-electron chi connectivity index (χ3n) is 3.54. The van der Waals surface area contributed by atoms with Gasteiger partial charge in [0.1, 0.15) is 5.84 Å². The number of carbonyl (C=O) groups is 2. The van der Waals surface area contributed by atoms with Crippen molar-refractivity contribution in [1.29, 1.82) is 0 Å². The number of ketones is 1. The maximum Gasteiger partial charge on any atom is 0.229 e. The Morgan fingerprint density at radius 2 is 2.06 bits per heavy atom. The van der Waals surface area contributed by atoms with Gasteiger partial charge in [-0.3, -0.25) is 9.59 Å². The summed E-state index contributed by atoms with van der Waals surface area (Å²) in [4.78, 5) is 28.3. The Labute approximate surface area is 101 Å². The van der Waals surface area contributed by atoms with Crippen LogP contribution in [0.4, 0.5) is 0 Å². The van der Waals surface area contributed by atoms with E-state index in [-0.39, 0.29) is 23.5 Å². The van der Waals surface area contributed by atoms with Gasteiger partial charge in [-0.25, -0.2) is 4.99 Å². The van der Waals surface area contributed by atoms with Crippen LogP contribution in [0.3, 0.4) is 0 Å². The van der Waals surface area contributed by atoms with Crippen LogP contribution in [0, 0.1) is 11.8 Å². The maximum atomic E-state index is 12.3. The lowest BCUT2D eigenvalue weighted by atomic mass is 9.84. The van der Waals surface area contributed by atoms with E-state index in [0.29, 0.717) is 5.84 Å². The molecule has 1 N–H and O–H groups in total. The van der Waals surface area contributed by atoms with E-state index in [0.717, 1.165) is 30.5 Å². The van der Waals surface area contributed by atoms with Crippen LogP contribution in [0.15, 0.2) is 16.3 Å². The molecule has 17 heavy (non-hydrogen) atoms. The second-order valence-corrected chi connectivity index (χ2v) is 4.78. The number of amides is 1. The van der Waals surface area contributed by atoms with Gasteiger partial charge in [-0.05, 0) is 19.8 Å². The van der Waals surface area contributed by atoms with Crippen LogP contribution in [-0.4, -0.2) is 17.5 Å². The fraction of sp³-hybridized carbons (Fsp3) is 0.615. The van der Waals surface area contributed by atoms with Gasteiger partial charge in [-0.15, -0.1) is 0 Å². The van der Waals surface area contributed by atoms with Crippen molar-refractivity contribution in [2.24, 2.45) is 16.8 Å². The SMILES string of the molecule is CCCCC1=C(C)N=C2NC(=O)[C@H](C)[C@@H]2C1=O. The van der Waals surface area contributed by atoms with Crippen molar-refractivity contribution in [3.05, 3.63) is 11.3 Å². The van der Waals surface area contributed by atoms with E-state index in [9.17, 15) is 9.59 Å². The van der Waals surface area contributed by atoms with Gasteiger partial charge in [0.25, 0.3) is 0 Å². The fourth-order valence-electron chi connectivity index (χ4n) is 2.43. The number of Topliss-reactive ketones (excluding diaryl/α,β-unsaturated/α-hetero) is 1. The van der Waals surface area contributed by atoms with Crippen LogP contribution in [-0.2, 0) is 9.59 Å². The first-order valence-corrected chi connectivity index (χ1v) is 6.19. The lowest BCUT2D eigenvalue weighted by Gasteiger charge is -2.20. The average molecular weight is 234 g/mol. The first-order chi connectivity index (χ1) is 8.06. The highest BCUT2D eigenvalue weighted by Crippen LogP contribution is 2.31. The summed E-state index contributed by atoms with van der Waals surface area (Å²) in [5, 5.41) is 2.70. The molecule has 0 aromatic rings. The first kappa shape index (κ1) is 12.0. The summed E-state index contributed by atoms with van der Waals surface area (Å²) >= 11 is 0. The van der Waals surface area contributed by atoms with E-state index >= 15 is 0 Å². The Balaban J connectivity index is 2.30. The van der Waals surface area contributed by atoms with Crippen LogP contribution in [0.25, 0.3) is 0 Å². The lowest BCUT2D eigenvalue weighted by Crippen LogP contribution is -2.32. The molecule has 0 radical (unpaired) electrons. The van der Waals surface area contributed by atoms with Crippen LogP contribution in [0.2, 0.25) is 0 Å². The van der Waals surface area contributed by atoms with Crippen molar-refractivity contribution in [3.63, 3.8) is 0 Å². The molecule has 4 heteroatoms. The number of hydrogen-bond donors (Lipinski definition) is 1. The van der Waals surface area contributed by atoms with Crippen molar-refractivity contribution in [1.82, 2.24) is 5.32 Å². The van der Waals surface area contributed by atoms with Crippen molar-refractivity contribution < 1.29 is 9.59 Å². The van der Waals surface area contributed by atoms with Gasteiger partial charge in [0.2, 0.25) is 5.91 Å². The number of nitrogens with one attached hydrogen (secondary N) is 1. The predicted octanol–water partition coefficient (Wildman–Crippen LogP) is 1.81. The molecule has 2 aliphatic heterocycles. The summed E-state index contributed by atoms with van der Waals surface area (Å²) in [6.07, 6.45) is 2.82. The third-order valence-corrected chi connectivity index (χ3v) is 3.54. The Kier molecular flexibility index (Phi) is 3.13. The highest BCUT2D eigenvalue weighted by atomic mass is 16.2. The summed E-state index contributed by atoms with van der Waals surface area (Å²) < 4.78 is 0.